The number of ether oxygens (including phenoxy) is 2. The topological polar surface area (TPSA) is 122 Å². The fourth-order valence-electron chi connectivity index (χ4n) is 4.15. The fourth-order valence-corrected chi connectivity index (χ4v) is 4.15. The van der Waals surface area contributed by atoms with Crippen LogP contribution in [0.1, 0.15) is 5.56 Å². The Kier molecular flexibility index (Phi) is 4.20. The maximum absolute atomic E-state index is 14.5. The summed E-state index contributed by atoms with van der Waals surface area (Å²) in [6.07, 6.45) is 3.04. The number of hydrogen-bond acceptors (Lipinski definition) is 7. The van der Waals surface area contributed by atoms with Crippen molar-refractivity contribution in [1.29, 1.82) is 5.26 Å². The number of fused-ring (bicyclic) bond motifs is 3. The van der Waals surface area contributed by atoms with Crippen molar-refractivity contribution < 1.29 is 13.9 Å². The Bertz CT molecular complexity index is 1100. The lowest BCUT2D eigenvalue weighted by Gasteiger charge is -2.49. The van der Waals surface area contributed by atoms with E-state index >= 15 is 0 Å². The lowest BCUT2D eigenvalue weighted by molar-refractivity contribution is -0.150. The van der Waals surface area contributed by atoms with E-state index in [2.05, 4.69) is 20.3 Å². The van der Waals surface area contributed by atoms with E-state index in [-0.39, 0.29) is 17.4 Å². The van der Waals surface area contributed by atoms with E-state index in [1.165, 1.54) is 12.4 Å². The van der Waals surface area contributed by atoms with Gasteiger partial charge in [0.05, 0.1) is 24.8 Å². The molecular weight excluding hydrogens is 375 g/mol. The highest BCUT2D eigenvalue weighted by Crippen LogP contribution is 2.37. The van der Waals surface area contributed by atoms with Crippen LogP contribution in [-0.4, -0.2) is 47.0 Å². The number of nitrogens with zero attached hydrogens (tertiary/aromatic N) is 3. The normalized spacial score (nSPS) is 26.2. The zero-order chi connectivity index (χ0) is 20.0. The van der Waals surface area contributed by atoms with Gasteiger partial charge in [0.1, 0.15) is 23.2 Å². The Morgan fingerprint density at radius 3 is 2.76 bits per heavy atom. The van der Waals surface area contributed by atoms with E-state index < -0.39 is 11.5 Å². The molecule has 148 valence electrons. The van der Waals surface area contributed by atoms with Crippen LogP contribution in [-0.2, 0) is 4.74 Å². The second-order valence-electron chi connectivity index (χ2n) is 7.46. The van der Waals surface area contributed by atoms with Gasteiger partial charge in [-0.25, -0.2) is 9.37 Å². The van der Waals surface area contributed by atoms with Crippen LogP contribution in [0.15, 0.2) is 30.7 Å². The number of nitrogens with two attached hydrogens (primary N) is 1. The second-order valence-corrected chi connectivity index (χ2v) is 7.46. The molecule has 1 aromatic carbocycles. The number of nitrogens with one attached hydrogen (secondary N) is 2. The lowest BCUT2D eigenvalue weighted by Crippen LogP contribution is -2.70. The molecule has 5 rings (SSSR count). The second kappa shape index (κ2) is 6.77. The molecule has 2 atom stereocenters. The molecule has 0 spiro atoms. The Labute approximate surface area is 165 Å². The van der Waals surface area contributed by atoms with Crippen molar-refractivity contribution in [2.45, 2.75) is 5.72 Å². The van der Waals surface area contributed by atoms with E-state index in [0.29, 0.717) is 54.3 Å². The third kappa shape index (κ3) is 2.84. The lowest BCUT2D eigenvalue weighted by atomic mass is 9.80. The number of halogens is 1. The molecule has 2 aromatic heterocycles. The van der Waals surface area contributed by atoms with Crippen LogP contribution < -0.4 is 15.8 Å². The van der Waals surface area contributed by atoms with E-state index in [1.54, 1.807) is 18.3 Å². The van der Waals surface area contributed by atoms with Gasteiger partial charge < -0.3 is 19.8 Å². The molecule has 8 nitrogen and oxygen atoms in total. The summed E-state index contributed by atoms with van der Waals surface area (Å²) in [6.45, 7) is 2.43. The predicted octanol–water partition coefficient (Wildman–Crippen LogP) is 1.54. The number of rotatable bonds is 3. The molecule has 3 aromatic rings. The Morgan fingerprint density at radius 1 is 1.24 bits per heavy atom. The first kappa shape index (κ1) is 18.0. The van der Waals surface area contributed by atoms with Crippen LogP contribution in [0.4, 0.5) is 4.39 Å². The summed E-state index contributed by atoms with van der Waals surface area (Å²) in [4.78, 5) is 11.7. The first-order valence-electron chi connectivity index (χ1n) is 9.38. The van der Waals surface area contributed by atoms with Crippen LogP contribution in [0.25, 0.3) is 22.2 Å². The molecule has 0 saturated carbocycles. The molecule has 2 aliphatic heterocycles. The van der Waals surface area contributed by atoms with E-state index in [0.717, 1.165) is 0 Å². The summed E-state index contributed by atoms with van der Waals surface area (Å²) >= 11 is 0. The van der Waals surface area contributed by atoms with Gasteiger partial charge in [-0.2, -0.15) is 10.2 Å². The zero-order valence-electron chi connectivity index (χ0n) is 15.5. The quantitative estimate of drug-likeness (QED) is 0.576. The predicted molar refractivity (Wildman–Crippen MR) is 102 cm³/mol. The van der Waals surface area contributed by atoms with Gasteiger partial charge in [-0.1, -0.05) is 0 Å². The molecule has 2 fully saturated rings. The molecule has 9 heteroatoms. The average Bonchev–Trinajstić information content (AvgIpc) is 3.12. The Hall–Kier alpha value is -3.06. The first-order valence-corrected chi connectivity index (χ1v) is 9.38. The first-order chi connectivity index (χ1) is 14.1. The highest BCUT2D eigenvalue weighted by molar-refractivity contribution is 5.94. The number of aromatic amines is 1. The maximum Gasteiger partial charge on any atom is 0.243 e. The molecule has 0 radical (unpaired) electrons. The molecule has 29 heavy (non-hydrogen) atoms. The third-order valence-corrected chi connectivity index (χ3v) is 5.79. The van der Waals surface area contributed by atoms with Crippen molar-refractivity contribution >= 4 is 11.0 Å². The van der Waals surface area contributed by atoms with Crippen molar-refractivity contribution in [1.82, 2.24) is 20.3 Å². The van der Waals surface area contributed by atoms with Gasteiger partial charge in [0.2, 0.25) is 5.88 Å². The number of nitriles is 1. The van der Waals surface area contributed by atoms with Crippen molar-refractivity contribution in [3.05, 3.63) is 42.1 Å². The molecular formula is C20H19FN6O2. The molecule has 2 unspecified atom stereocenters. The minimum Gasteiger partial charge on any atom is -0.454 e. The van der Waals surface area contributed by atoms with Gasteiger partial charge in [-0.05, 0) is 18.2 Å². The van der Waals surface area contributed by atoms with Crippen LogP contribution in [0.3, 0.4) is 0 Å². The smallest absolute Gasteiger partial charge is 0.243 e. The van der Waals surface area contributed by atoms with Gasteiger partial charge in [0, 0.05) is 42.2 Å². The molecule has 4 N–H and O–H groups in total. The van der Waals surface area contributed by atoms with Gasteiger partial charge in [0.25, 0.3) is 0 Å². The van der Waals surface area contributed by atoms with Gasteiger partial charge in [-0.3, -0.25) is 5.73 Å². The number of piperidine rings is 1. The summed E-state index contributed by atoms with van der Waals surface area (Å²) < 4.78 is 26.5. The van der Waals surface area contributed by atoms with Gasteiger partial charge >= 0.3 is 0 Å². The molecule has 2 aliphatic rings. The van der Waals surface area contributed by atoms with E-state index in [9.17, 15) is 4.39 Å². The monoisotopic (exact) mass is 394 g/mol. The van der Waals surface area contributed by atoms with Crippen molar-refractivity contribution in [2.24, 2.45) is 17.6 Å². The van der Waals surface area contributed by atoms with Crippen LogP contribution in [0, 0.1) is 29.0 Å². The van der Waals surface area contributed by atoms with Crippen LogP contribution >= 0.6 is 0 Å². The minimum atomic E-state index is -0.907. The SMILES string of the molecule is N#Cc1ccc(-c2c[nH]c3c(OC4(N)C5CNCC4COC5)ncnc23)c(F)c1. The van der Waals surface area contributed by atoms with Crippen molar-refractivity contribution in [2.75, 3.05) is 26.3 Å². The van der Waals surface area contributed by atoms with Crippen LogP contribution in [0.2, 0.25) is 0 Å². The van der Waals surface area contributed by atoms with Crippen LogP contribution in [0.5, 0.6) is 5.88 Å². The maximum atomic E-state index is 14.5. The Balaban J connectivity index is 1.55. The highest BCUT2D eigenvalue weighted by Gasteiger charge is 2.50. The summed E-state index contributed by atoms with van der Waals surface area (Å²) in [5, 5.41) is 12.3. The standard InChI is InChI=1S/C20H19FN6O2/c21-16-3-11(4-22)1-2-14(16)15-7-25-18-17(15)26-10-27-19(18)29-20(23)12-5-24-6-13(20)9-28-8-12/h1-3,7,10,12-13,24-25H,5-6,8-9,23H2. The summed E-state index contributed by atoms with van der Waals surface area (Å²) in [6, 6.07) is 6.28. The zero-order valence-corrected chi connectivity index (χ0v) is 15.5. The fraction of sp³-hybridized carbons (Fsp3) is 0.350. The highest BCUT2D eigenvalue weighted by atomic mass is 19.1. The molecule has 4 heterocycles. The van der Waals surface area contributed by atoms with Crippen molar-refractivity contribution in [3.8, 4) is 23.1 Å². The largest absolute Gasteiger partial charge is 0.454 e. The third-order valence-electron chi connectivity index (χ3n) is 5.79. The summed E-state index contributed by atoms with van der Waals surface area (Å²) in [5.74, 6) is -0.182. The molecule has 0 aliphatic carbocycles. The summed E-state index contributed by atoms with van der Waals surface area (Å²) in [7, 11) is 0. The molecule has 0 amide bonds. The minimum absolute atomic E-state index is 0.00887. The molecule has 2 bridgehead atoms. The number of aromatic nitrogens is 3. The van der Waals surface area contributed by atoms with Gasteiger partial charge in [0.15, 0.2) is 5.72 Å². The molecule has 2 saturated heterocycles. The Morgan fingerprint density at radius 2 is 2.03 bits per heavy atom. The van der Waals surface area contributed by atoms with E-state index in [4.69, 9.17) is 20.5 Å². The van der Waals surface area contributed by atoms with E-state index in [1.807, 2.05) is 6.07 Å². The number of benzene rings is 1. The summed E-state index contributed by atoms with van der Waals surface area (Å²) in [5.41, 5.74) is 8.03. The van der Waals surface area contributed by atoms with Crippen molar-refractivity contribution in [3.63, 3.8) is 0 Å². The average molecular weight is 394 g/mol. The number of H-pyrrole nitrogens is 1. The van der Waals surface area contributed by atoms with Gasteiger partial charge in [-0.15, -0.1) is 0 Å². The number of hydrogen-bond donors (Lipinski definition) is 3.